The largest absolute Gasteiger partial charge is 0.345 e. The van der Waals surface area contributed by atoms with Crippen LogP contribution in [0.15, 0.2) is 42.5 Å². The third-order valence-corrected chi connectivity index (χ3v) is 3.08. The highest BCUT2D eigenvalue weighted by Crippen LogP contribution is 2.25. The molecule has 1 amide bonds. The fourth-order valence-electron chi connectivity index (χ4n) is 1.74. The lowest BCUT2D eigenvalue weighted by molar-refractivity contribution is 0.0827. The molecular formula is C15H13ClFNO. The van der Waals surface area contributed by atoms with E-state index in [1.807, 2.05) is 12.1 Å². The maximum absolute atomic E-state index is 13.1. The number of halogens is 2. The van der Waals surface area contributed by atoms with Crippen LogP contribution in [0.4, 0.5) is 4.39 Å². The van der Waals surface area contributed by atoms with Crippen molar-refractivity contribution in [2.24, 2.45) is 0 Å². The first kappa shape index (κ1) is 13.6. The molecule has 2 aromatic rings. The van der Waals surface area contributed by atoms with Gasteiger partial charge in [-0.25, -0.2) is 4.39 Å². The van der Waals surface area contributed by atoms with Crippen molar-refractivity contribution in [3.63, 3.8) is 0 Å². The van der Waals surface area contributed by atoms with E-state index in [4.69, 9.17) is 11.6 Å². The van der Waals surface area contributed by atoms with Crippen molar-refractivity contribution in [3.05, 3.63) is 58.9 Å². The highest BCUT2D eigenvalue weighted by Gasteiger charge is 2.08. The third-order valence-electron chi connectivity index (χ3n) is 2.79. The van der Waals surface area contributed by atoms with Crippen LogP contribution in [-0.4, -0.2) is 24.9 Å². The molecule has 0 aliphatic carbocycles. The molecule has 0 unspecified atom stereocenters. The molecule has 0 saturated carbocycles. The van der Waals surface area contributed by atoms with Gasteiger partial charge in [0.25, 0.3) is 5.91 Å². The molecule has 0 aliphatic heterocycles. The van der Waals surface area contributed by atoms with Crippen molar-refractivity contribution in [1.82, 2.24) is 4.90 Å². The number of benzene rings is 2. The van der Waals surface area contributed by atoms with Gasteiger partial charge in [-0.1, -0.05) is 29.8 Å². The summed E-state index contributed by atoms with van der Waals surface area (Å²) in [6.45, 7) is 0. The summed E-state index contributed by atoms with van der Waals surface area (Å²) in [6, 6.07) is 11.7. The topological polar surface area (TPSA) is 20.3 Å². The molecule has 0 aliphatic rings. The van der Waals surface area contributed by atoms with Crippen LogP contribution in [-0.2, 0) is 0 Å². The summed E-state index contributed by atoms with van der Waals surface area (Å²) >= 11 is 5.75. The average Bonchev–Trinajstić information content (AvgIpc) is 2.41. The quantitative estimate of drug-likeness (QED) is 0.816. The Labute approximate surface area is 116 Å². The van der Waals surface area contributed by atoms with Crippen molar-refractivity contribution in [1.29, 1.82) is 0 Å². The summed E-state index contributed by atoms with van der Waals surface area (Å²) in [5, 5.41) is 0.0888. The van der Waals surface area contributed by atoms with Gasteiger partial charge < -0.3 is 4.90 Å². The Hall–Kier alpha value is -1.87. The third kappa shape index (κ3) is 2.93. The Balaban J connectivity index is 2.32. The van der Waals surface area contributed by atoms with Gasteiger partial charge in [-0.3, -0.25) is 4.79 Å². The molecule has 0 N–H and O–H groups in total. The first-order valence-electron chi connectivity index (χ1n) is 5.76. The normalized spacial score (nSPS) is 10.3. The van der Waals surface area contributed by atoms with Crippen molar-refractivity contribution in [3.8, 4) is 11.1 Å². The van der Waals surface area contributed by atoms with Crippen LogP contribution in [0.2, 0.25) is 5.02 Å². The van der Waals surface area contributed by atoms with Crippen LogP contribution in [0.1, 0.15) is 10.4 Å². The maximum atomic E-state index is 13.1. The van der Waals surface area contributed by atoms with E-state index in [0.717, 1.165) is 11.1 Å². The van der Waals surface area contributed by atoms with Gasteiger partial charge in [0.1, 0.15) is 5.82 Å². The predicted octanol–water partition coefficient (Wildman–Crippen LogP) is 3.85. The second-order valence-corrected chi connectivity index (χ2v) is 4.81. The Morgan fingerprint density at radius 2 is 1.63 bits per heavy atom. The molecule has 0 bridgehead atoms. The fraction of sp³-hybridized carbons (Fsp3) is 0.133. The minimum absolute atomic E-state index is 0.0521. The van der Waals surface area contributed by atoms with Gasteiger partial charge in [0.05, 0.1) is 5.02 Å². The van der Waals surface area contributed by atoms with Gasteiger partial charge in [-0.05, 0) is 35.4 Å². The zero-order valence-electron chi connectivity index (χ0n) is 10.7. The van der Waals surface area contributed by atoms with Crippen LogP contribution >= 0.6 is 11.6 Å². The van der Waals surface area contributed by atoms with Crippen LogP contribution in [0.5, 0.6) is 0 Å². The van der Waals surface area contributed by atoms with Gasteiger partial charge in [-0.15, -0.1) is 0 Å². The van der Waals surface area contributed by atoms with Crippen molar-refractivity contribution < 1.29 is 9.18 Å². The van der Waals surface area contributed by atoms with Crippen LogP contribution in [0.3, 0.4) is 0 Å². The first-order valence-corrected chi connectivity index (χ1v) is 6.14. The number of hydrogen-bond donors (Lipinski definition) is 0. The Kier molecular flexibility index (Phi) is 3.86. The lowest BCUT2D eigenvalue weighted by Crippen LogP contribution is -2.21. The summed E-state index contributed by atoms with van der Waals surface area (Å²) in [4.78, 5) is 13.3. The SMILES string of the molecule is CN(C)C(=O)c1ccc(-c2ccc(F)c(Cl)c2)cc1. The van der Waals surface area contributed by atoms with Gasteiger partial charge in [0.2, 0.25) is 0 Å². The molecular weight excluding hydrogens is 265 g/mol. The number of carbonyl (C=O) groups is 1. The fourth-order valence-corrected chi connectivity index (χ4v) is 1.92. The van der Waals surface area contributed by atoms with Crippen LogP contribution in [0.25, 0.3) is 11.1 Å². The summed E-state index contributed by atoms with van der Waals surface area (Å²) in [6.07, 6.45) is 0. The van der Waals surface area contributed by atoms with E-state index < -0.39 is 5.82 Å². The highest BCUT2D eigenvalue weighted by atomic mass is 35.5. The molecule has 0 heterocycles. The zero-order valence-corrected chi connectivity index (χ0v) is 11.4. The summed E-state index contributed by atoms with van der Waals surface area (Å²) < 4.78 is 13.1. The Morgan fingerprint density at radius 3 is 2.16 bits per heavy atom. The molecule has 2 aromatic carbocycles. The van der Waals surface area contributed by atoms with E-state index in [2.05, 4.69) is 0 Å². The van der Waals surface area contributed by atoms with E-state index in [-0.39, 0.29) is 10.9 Å². The predicted molar refractivity (Wildman–Crippen MR) is 74.9 cm³/mol. The van der Waals surface area contributed by atoms with E-state index in [0.29, 0.717) is 5.56 Å². The summed E-state index contributed by atoms with van der Waals surface area (Å²) in [5.74, 6) is -0.492. The van der Waals surface area contributed by atoms with Gasteiger partial charge in [0, 0.05) is 19.7 Å². The van der Waals surface area contributed by atoms with Crippen LogP contribution in [0, 0.1) is 5.82 Å². The van der Waals surface area contributed by atoms with E-state index in [1.165, 1.54) is 11.0 Å². The van der Waals surface area contributed by atoms with E-state index >= 15 is 0 Å². The number of rotatable bonds is 2. The Morgan fingerprint density at radius 1 is 1.05 bits per heavy atom. The molecule has 2 rings (SSSR count). The van der Waals surface area contributed by atoms with Gasteiger partial charge in [-0.2, -0.15) is 0 Å². The molecule has 4 heteroatoms. The number of carbonyl (C=O) groups excluding carboxylic acids is 1. The lowest BCUT2D eigenvalue weighted by Gasteiger charge is -2.10. The van der Waals surface area contributed by atoms with Crippen molar-refractivity contribution >= 4 is 17.5 Å². The molecule has 19 heavy (non-hydrogen) atoms. The minimum Gasteiger partial charge on any atom is -0.345 e. The van der Waals surface area contributed by atoms with Crippen molar-refractivity contribution in [2.45, 2.75) is 0 Å². The molecule has 0 atom stereocenters. The molecule has 0 aromatic heterocycles. The monoisotopic (exact) mass is 277 g/mol. The standard InChI is InChI=1S/C15H13ClFNO/c1-18(2)15(19)11-5-3-10(4-6-11)12-7-8-14(17)13(16)9-12/h3-9H,1-2H3. The number of hydrogen-bond acceptors (Lipinski definition) is 1. The van der Waals surface area contributed by atoms with Crippen molar-refractivity contribution in [2.75, 3.05) is 14.1 Å². The lowest BCUT2D eigenvalue weighted by atomic mass is 10.0. The minimum atomic E-state index is -0.440. The zero-order chi connectivity index (χ0) is 14.0. The van der Waals surface area contributed by atoms with Gasteiger partial charge in [0.15, 0.2) is 0 Å². The second-order valence-electron chi connectivity index (χ2n) is 4.41. The molecule has 0 radical (unpaired) electrons. The molecule has 0 saturated heterocycles. The molecule has 0 fully saturated rings. The number of nitrogens with zero attached hydrogens (tertiary/aromatic N) is 1. The van der Waals surface area contributed by atoms with Gasteiger partial charge >= 0.3 is 0 Å². The average molecular weight is 278 g/mol. The van der Waals surface area contributed by atoms with E-state index in [1.54, 1.807) is 38.4 Å². The molecule has 0 spiro atoms. The van der Waals surface area contributed by atoms with Crippen LogP contribution < -0.4 is 0 Å². The molecule has 2 nitrogen and oxygen atoms in total. The highest BCUT2D eigenvalue weighted by molar-refractivity contribution is 6.31. The smallest absolute Gasteiger partial charge is 0.253 e. The second kappa shape index (κ2) is 5.41. The maximum Gasteiger partial charge on any atom is 0.253 e. The molecule has 98 valence electrons. The summed E-state index contributed by atoms with van der Waals surface area (Å²) in [5.41, 5.74) is 2.31. The summed E-state index contributed by atoms with van der Waals surface area (Å²) in [7, 11) is 3.41. The van der Waals surface area contributed by atoms with E-state index in [9.17, 15) is 9.18 Å². The Bertz CT molecular complexity index is 608. The number of amides is 1. The first-order chi connectivity index (χ1) is 8.99.